The van der Waals surface area contributed by atoms with Gasteiger partial charge in [-0.3, -0.25) is 0 Å². The van der Waals surface area contributed by atoms with Crippen molar-refractivity contribution in [1.29, 1.82) is 0 Å². The molecule has 10 heteroatoms. The molecule has 0 aliphatic heterocycles. The zero-order valence-electron chi connectivity index (χ0n) is 14.1. The summed E-state index contributed by atoms with van der Waals surface area (Å²) >= 11 is -0.305. The van der Waals surface area contributed by atoms with Crippen LogP contribution in [0.5, 0.6) is 5.75 Å². The second-order valence-electron chi connectivity index (χ2n) is 5.66. The quantitative estimate of drug-likeness (QED) is 0.379. The van der Waals surface area contributed by atoms with Gasteiger partial charge < -0.3 is 15.2 Å². The van der Waals surface area contributed by atoms with Gasteiger partial charge in [-0.1, -0.05) is 24.3 Å². The first-order valence-electron chi connectivity index (χ1n) is 7.44. The third-order valence-electron chi connectivity index (χ3n) is 3.53. The molecule has 2 aromatic carbocycles. The number of hydrogen-bond donors (Lipinski definition) is 2. The van der Waals surface area contributed by atoms with Crippen LogP contribution in [0.3, 0.4) is 0 Å². The molecule has 0 saturated heterocycles. The monoisotopic (exact) mass is 411 g/mol. The summed E-state index contributed by atoms with van der Waals surface area (Å²) in [5.41, 5.74) is -7.28. The summed E-state index contributed by atoms with van der Waals surface area (Å²) in [7, 11) is 1.21. The van der Waals surface area contributed by atoms with Crippen LogP contribution >= 0.6 is 11.8 Å². The zero-order chi connectivity index (χ0) is 20.5. The molecular formula is C17H15F6NO2S. The number of methoxy groups -OCH3 is 1. The van der Waals surface area contributed by atoms with E-state index in [4.69, 9.17) is 4.74 Å². The number of para-hydroxylation sites is 1. The molecule has 0 aromatic heterocycles. The van der Waals surface area contributed by atoms with Gasteiger partial charge in [0.15, 0.2) is 0 Å². The lowest BCUT2D eigenvalue weighted by Crippen LogP contribution is -2.49. The molecular weight excluding hydrogens is 396 g/mol. The number of hydrogen-bond acceptors (Lipinski definition) is 4. The average molecular weight is 411 g/mol. The fraction of sp³-hybridized carbons (Fsp3) is 0.294. The zero-order valence-corrected chi connectivity index (χ0v) is 14.9. The number of aliphatic hydroxyl groups is 1. The molecule has 0 heterocycles. The minimum absolute atomic E-state index is 0.0452. The molecule has 3 nitrogen and oxygen atoms in total. The first-order chi connectivity index (χ1) is 12.3. The molecule has 0 saturated carbocycles. The van der Waals surface area contributed by atoms with Crippen molar-refractivity contribution in [2.75, 3.05) is 12.4 Å². The molecule has 0 aliphatic carbocycles. The molecule has 2 aromatic rings. The predicted octanol–water partition coefficient (Wildman–Crippen LogP) is 5.66. The van der Waals surface area contributed by atoms with E-state index in [0.717, 1.165) is 0 Å². The summed E-state index contributed by atoms with van der Waals surface area (Å²) in [6.45, 7) is 0.541. The Hall–Kier alpha value is -2.07. The van der Waals surface area contributed by atoms with Gasteiger partial charge in [-0.2, -0.15) is 26.3 Å². The van der Waals surface area contributed by atoms with Crippen molar-refractivity contribution in [2.24, 2.45) is 0 Å². The number of anilines is 1. The normalized spacial score (nSPS) is 14.6. The van der Waals surface area contributed by atoms with Crippen molar-refractivity contribution in [1.82, 2.24) is 0 Å². The summed E-state index contributed by atoms with van der Waals surface area (Å²) < 4.78 is 81.7. The maximum absolute atomic E-state index is 12.9. The van der Waals surface area contributed by atoms with Crippen LogP contribution in [-0.4, -0.2) is 29.6 Å². The first kappa shape index (κ1) is 21.2. The highest BCUT2D eigenvalue weighted by Gasteiger charge is 2.50. The number of ether oxygens (including phenoxy) is 1. The van der Waals surface area contributed by atoms with Gasteiger partial charge in [0.1, 0.15) is 5.75 Å². The van der Waals surface area contributed by atoms with Gasteiger partial charge in [0.05, 0.1) is 12.8 Å². The Morgan fingerprint density at radius 1 is 1.00 bits per heavy atom. The van der Waals surface area contributed by atoms with Crippen LogP contribution in [-0.2, 0) is 0 Å². The fourth-order valence-corrected chi connectivity index (χ4v) is 2.88. The van der Waals surface area contributed by atoms with Crippen LogP contribution < -0.4 is 10.1 Å². The molecule has 0 spiro atoms. The fourth-order valence-electron chi connectivity index (χ4n) is 2.28. The van der Waals surface area contributed by atoms with E-state index in [1.807, 2.05) is 5.32 Å². The molecule has 148 valence electrons. The Balaban J connectivity index is 2.47. The maximum atomic E-state index is 12.9. The van der Waals surface area contributed by atoms with Gasteiger partial charge in [-0.05, 0) is 42.4 Å². The molecule has 27 heavy (non-hydrogen) atoms. The van der Waals surface area contributed by atoms with Crippen LogP contribution in [0.15, 0.2) is 47.4 Å². The van der Waals surface area contributed by atoms with Gasteiger partial charge in [-0.15, -0.1) is 0 Å². The topological polar surface area (TPSA) is 41.5 Å². The number of thioether (sulfide) groups is 1. The Morgan fingerprint density at radius 2 is 1.63 bits per heavy atom. The summed E-state index contributed by atoms with van der Waals surface area (Å²) in [4.78, 5) is -0.0808. The van der Waals surface area contributed by atoms with Gasteiger partial charge in [0, 0.05) is 10.5 Å². The lowest BCUT2D eigenvalue weighted by atomic mass is 10.0. The highest BCUT2D eigenvalue weighted by molar-refractivity contribution is 8.00. The summed E-state index contributed by atoms with van der Waals surface area (Å²) in [6, 6.07) is 9.57. The standard InChI is InChI=1S/C17H15F6NO2S/c1-15(25,16(18,19)20)24-13-8-4-7-12(14(13)26-2)10-5-3-6-11(9-10)27-17(21,22)23/h3-9,24-25H,1-2H3. The Morgan fingerprint density at radius 3 is 2.19 bits per heavy atom. The van der Waals surface area contributed by atoms with Gasteiger partial charge >= 0.3 is 11.7 Å². The van der Waals surface area contributed by atoms with Crippen LogP contribution in [0, 0.1) is 0 Å². The molecule has 0 radical (unpaired) electrons. The molecule has 0 aliphatic rings. The molecule has 0 bridgehead atoms. The van der Waals surface area contributed by atoms with E-state index < -0.39 is 17.4 Å². The molecule has 2 rings (SSSR count). The van der Waals surface area contributed by atoms with Gasteiger partial charge in [0.25, 0.3) is 0 Å². The lowest BCUT2D eigenvalue weighted by molar-refractivity contribution is -0.240. The van der Waals surface area contributed by atoms with Crippen LogP contribution in [0.4, 0.5) is 32.0 Å². The van der Waals surface area contributed by atoms with E-state index in [1.54, 1.807) is 0 Å². The first-order valence-corrected chi connectivity index (χ1v) is 8.26. The summed E-state index contributed by atoms with van der Waals surface area (Å²) in [5.74, 6) is -0.0452. The summed E-state index contributed by atoms with van der Waals surface area (Å²) in [5, 5.41) is 11.6. The van der Waals surface area contributed by atoms with Gasteiger partial charge in [0.2, 0.25) is 5.72 Å². The second-order valence-corrected chi connectivity index (χ2v) is 6.80. The lowest BCUT2D eigenvalue weighted by Gasteiger charge is -2.29. The number of benzene rings is 2. The van der Waals surface area contributed by atoms with Crippen molar-refractivity contribution in [2.45, 2.75) is 29.2 Å². The Kier molecular flexibility index (Phi) is 5.91. The van der Waals surface area contributed by atoms with E-state index in [-0.39, 0.29) is 33.7 Å². The summed E-state index contributed by atoms with van der Waals surface area (Å²) in [6.07, 6.45) is -4.96. The number of nitrogens with one attached hydrogen (secondary N) is 1. The molecule has 1 atom stereocenters. The van der Waals surface area contributed by atoms with E-state index in [2.05, 4.69) is 0 Å². The Bertz CT molecular complexity index is 805. The predicted molar refractivity (Wildman–Crippen MR) is 90.6 cm³/mol. The molecule has 0 amide bonds. The average Bonchev–Trinajstić information content (AvgIpc) is 2.52. The van der Waals surface area contributed by atoms with Crippen molar-refractivity contribution in [3.05, 3.63) is 42.5 Å². The SMILES string of the molecule is COc1c(NC(C)(O)C(F)(F)F)cccc1-c1cccc(SC(F)(F)F)c1. The highest BCUT2D eigenvalue weighted by atomic mass is 32.2. The molecule has 2 N–H and O–H groups in total. The minimum atomic E-state index is -4.96. The third-order valence-corrected chi connectivity index (χ3v) is 4.25. The number of alkyl halides is 6. The Labute approximate surface area is 155 Å². The number of rotatable bonds is 5. The van der Waals surface area contributed by atoms with Crippen molar-refractivity contribution in [3.8, 4) is 16.9 Å². The third kappa shape index (κ3) is 5.23. The smallest absolute Gasteiger partial charge is 0.446 e. The molecule has 0 fully saturated rings. The van der Waals surface area contributed by atoms with E-state index >= 15 is 0 Å². The van der Waals surface area contributed by atoms with E-state index in [9.17, 15) is 31.4 Å². The second kappa shape index (κ2) is 7.51. The molecule has 1 unspecified atom stereocenters. The van der Waals surface area contributed by atoms with Crippen molar-refractivity contribution >= 4 is 17.4 Å². The van der Waals surface area contributed by atoms with E-state index in [1.165, 1.54) is 49.6 Å². The minimum Gasteiger partial charge on any atom is -0.494 e. The van der Waals surface area contributed by atoms with Crippen LogP contribution in [0.25, 0.3) is 11.1 Å². The van der Waals surface area contributed by atoms with Crippen LogP contribution in [0.1, 0.15) is 6.92 Å². The number of halogens is 6. The van der Waals surface area contributed by atoms with Crippen molar-refractivity contribution < 1.29 is 36.2 Å². The van der Waals surface area contributed by atoms with Gasteiger partial charge in [-0.25, -0.2) is 0 Å². The largest absolute Gasteiger partial charge is 0.494 e. The van der Waals surface area contributed by atoms with E-state index in [0.29, 0.717) is 12.5 Å². The van der Waals surface area contributed by atoms with Crippen molar-refractivity contribution in [3.63, 3.8) is 0 Å². The highest BCUT2D eigenvalue weighted by Crippen LogP contribution is 2.42. The maximum Gasteiger partial charge on any atom is 0.446 e. The van der Waals surface area contributed by atoms with Crippen LogP contribution in [0.2, 0.25) is 0 Å².